The summed E-state index contributed by atoms with van der Waals surface area (Å²) in [6.45, 7) is 3.25. The molecule has 0 N–H and O–H groups in total. The minimum absolute atomic E-state index is 0.181. The zero-order valence-electron chi connectivity index (χ0n) is 17.7. The number of amidine groups is 1. The van der Waals surface area contributed by atoms with E-state index in [0.29, 0.717) is 52.6 Å². The number of carbonyl (C=O) groups excluding carboxylic acids is 2. The quantitative estimate of drug-likeness (QED) is 0.541. The van der Waals surface area contributed by atoms with Gasteiger partial charge in [-0.2, -0.15) is 0 Å². The average Bonchev–Trinajstić information content (AvgIpc) is 3.53. The third-order valence-electron chi connectivity index (χ3n) is 5.85. The van der Waals surface area contributed by atoms with Gasteiger partial charge in [-0.3, -0.25) is 9.89 Å². The summed E-state index contributed by atoms with van der Waals surface area (Å²) >= 11 is 4.87. The second-order valence-corrected chi connectivity index (χ2v) is 9.46. The van der Waals surface area contributed by atoms with Gasteiger partial charge in [-0.25, -0.2) is 19.0 Å². The number of amides is 1. The summed E-state index contributed by atoms with van der Waals surface area (Å²) in [6, 6.07) is 3.42. The number of halogens is 2. The molecule has 2 aromatic rings. The number of benzene rings is 1. The fourth-order valence-corrected chi connectivity index (χ4v) is 5.65. The molecule has 172 valence electrons. The van der Waals surface area contributed by atoms with E-state index in [9.17, 15) is 14.0 Å². The number of rotatable bonds is 5. The molecule has 0 bridgehead atoms. The van der Waals surface area contributed by atoms with Crippen LogP contribution >= 0.6 is 27.3 Å². The molecule has 3 aliphatic heterocycles. The summed E-state index contributed by atoms with van der Waals surface area (Å²) in [7, 11) is 0. The van der Waals surface area contributed by atoms with Crippen molar-refractivity contribution in [1.29, 1.82) is 0 Å². The van der Waals surface area contributed by atoms with Crippen molar-refractivity contribution in [2.75, 3.05) is 26.3 Å². The molecule has 1 aromatic heterocycles. The Morgan fingerprint density at radius 3 is 2.94 bits per heavy atom. The van der Waals surface area contributed by atoms with Crippen molar-refractivity contribution in [3.8, 4) is 0 Å². The number of ether oxygens (including phenoxy) is 2. The summed E-state index contributed by atoms with van der Waals surface area (Å²) in [5.74, 6) is -0.263. The van der Waals surface area contributed by atoms with Gasteiger partial charge in [0.2, 0.25) is 0 Å². The summed E-state index contributed by atoms with van der Waals surface area (Å²) in [6.07, 6.45) is 1.79. The average molecular weight is 535 g/mol. The van der Waals surface area contributed by atoms with E-state index in [1.165, 1.54) is 23.5 Å². The molecule has 0 saturated carbocycles. The van der Waals surface area contributed by atoms with Crippen LogP contribution in [0.15, 0.2) is 50.5 Å². The molecule has 1 amide bonds. The molecule has 5 rings (SSSR count). The van der Waals surface area contributed by atoms with Crippen LogP contribution in [0.25, 0.3) is 0 Å². The lowest BCUT2D eigenvalue weighted by molar-refractivity contribution is -0.139. The number of nitrogens with zero attached hydrogens (tertiary/aromatic N) is 4. The van der Waals surface area contributed by atoms with Crippen molar-refractivity contribution in [3.63, 3.8) is 0 Å². The number of esters is 1. The lowest BCUT2D eigenvalue weighted by Crippen LogP contribution is -2.40. The van der Waals surface area contributed by atoms with Gasteiger partial charge in [-0.1, -0.05) is 22.0 Å². The first kappa shape index (κ1) is 22.0. The highest BCUT2D eigenvalue weighted by Gasteiger charge is 2.45. The number of carbonyl (C=O) groups is 2. The highest BCUT2D eigenvalue weighted by Crippen LogP contribution is 2.43. The first-order valence-corrected chi connectivity index (χ1v) is 12.2. The number of fused-ring (bicyclic) bond motifs is 1. The van der Waals surface area contributed by atoms with E-state index in [2.05, 4.69) is 20.9 Å². The van der Waals surface area contributed by atoms with Gasteiger partial charge in [0.15, 0.2) is 10.8 Å². The SMILES string of the molecule is CCOC(=O)C1=C2C[C@@H](N3CCOC3=O)CN2C(c2nccs2)=N[C@H]1c1ccc(F)cc1Br. The van der Waals surface area contributed by atoms with Crippen LogP contribution in [0.4, 0.5) is 9.18 Å². The van der Waals surface area contributed by atoms with Gasteiger partial charge >= 0.3 is 12.1 Å². The molecule has 2 fully saturated rings. The molecule has 2 atom stereocenters. The molecule has 1 aromatic carbocycles. The van der Waals surface area contributed by atoms with E-state index in [0.717, 1.165) is 5.70 Å². The van der Waals surface area contributed by atoms with E-state index in [-0.39, 0.29) is 18.7 Å². The van der Waals surface area contributed by atoms with E-state index >= 15 is 0 Å². The van der Waals surface area contributed by atoms with Gasteiger partial charge in [0.05, 0.1) is 24.8 Å². The second kappa shape index (κ2) is 8.86. The van der Waals surface area contributed by atoms with Crippen LogP contribution in [0.5, 0.6) is 0 Å². The molecule has 3 aliphatic rings. The molecule has 2 saturated heterocycles. The van der Waals surface area contributed by atoms with Gasteiger partial charge in [0.1, 0.15) is 18.5 Å². The molecule has 4 heterocycles. The van der Waals surface area contributed by atoms with E-state index < -0.39 is 17.8 Å². The lowest BCUT2D eigenvalue weighted by atomic mass is 9.94. The molecule has 8 nitrogen and oxygen atoms in total. The Morgan fingerprint density at radius 1 is 1.42 bits per heavy atom. The summed E-state index contributed by atoms with van der Waals surface area (Å²) < 4.78 is 24.9. The second-order valence-electron chi connectivity index (χ2n) is 7.72. The zero-order chi connectivity index (χ0) is 23.1. The van der Waals surface area contributed by atoms with Crippen LogP contribution in [0, 0.1) is 5.82 Å². The third-order valence-corrected chi connectivity index (χ3v) is 7.30. The number of cyclic esters (lactones) is 1. The summed E-state index contributed by atoms with van der Waals surface area (Å²) in [4.78, 5) is 38.5. The number of thiazole rings is 1. The highest BCUT2D eigenvalue weighted by atomic mass is 79.9. The Kier molecular flexibility index (Phi) is 5.92. The Morgan fingerprint density at radius 2 is 2.27 bits per heavy atom. The zero-order valence-corrected chi connectivity index (χ0v) is 20.1. The Hall–Kier alpha value is -2.79. The standard InChI is InChI=1S/C22H20BrFN4O4S/c1-2-31-21(29)17-16-10-13(27-6-7-32-22(27)30)11-28(16)19(20-25-5-8-33-20)26-18(17)14-4-3-12(24)9-15(14)23/h3-5,8-9,13,18H,2,6-7,10-11H2,1H3/t13-,18+/m1/s1. The Bertz CT molecular complexity index is 1170. The smallest absolute Gasteiger partial charge is 0.410 e. The normalized spacial score (nSPS) is 22.4. The Balaban J connectivity index is 1.66. The van der Waals surface area contributed by atoms with Crippen LogP contribution in [-0.2, 0) is 14.3 Å². The minimum atomic E-state index is -0.714. The fraction of sp³-hybridized carbons (Fsp3) is 0.364. The van der Waals surface area contributed by atoms with Crippen LogP contribution in [-0.4, -0.2) is 65.0 Å². The molecule has 0 radical (unpaired) electrons. The van der Waals surface area contributed by atoms with Gasteiger partial charge in [0, 0.05) is 34.7 Å². The van der Waals surface area contributed by atoms with Crippen LogP contribution in [0.3, 0.4) is 0 Å². The Labute approximate surface area is 201 Å². The van der Waals surface area contributed by atoms with Crippen molar-refractivity contribution in [1.82, 2.24) is 14.8 Å². The summed E-state index contributed by atoms with van der Waals surface area (Å²) in [5, 5.41) is 2.55. The van der Waals surface area contributed by atoms with Crippen molar-refractivity contribution >= 4 is 45.2 Å². The van der Waals surface area contributed by atoms with Crippen LogP contribution < -0.4 is 0 Å². The van der Waals surface area contributed by atoms with Gasteiger partial charge in [-0.05, 0) is 24.6 Å². The minimum Gasteiger partial charge on any atom is -0.463 e. The molecule has 11 heteroatoms. The first-order valence-electron chi connectivity index (χ1n) is 10.5. The monoisotopic (exact) mass is 534 g/mol. The molecule has 0 spiro atoms. The topological polar surface area (TPSA) is 84.3 Å². The van der Waals surface area contributed by atoms with Gasteiger partial charge in [0.25, 0.3) is 0 Å². The maximum absolute atomic E-state index is 13.8. The largest absolute Gasteiger partial charge is 0.463 e. The lowest BCUT2D eigenvalue weighted by Gasteiger charge is -2.31. The maximum Gasteiger partial charge on any atom is 0.410 e. The van der Waals surface area contributed by atoms with E-state index in [4.69, 9.17) is 14.5 Å². The third kappa shape index (κ3) is 3.93. The predicted octanol–water partition coefficient (Wildman–Crippen LogP) is 3.89. The van der Waals surface area contributed by atoms with Crippen molar-refractivity contribution in [2.24, 2.45) is 4.99 Å². The molecule has 0 aliphatic carbocycles. The number of hydrogen-bond donors (Lipinski definition) is 0. The van der Waals surface area contributed by atoms with Crippen molar-refractivity contribution in [2.45, 2.75) is 25.4 Å². The van der Waals surface area contributed by atoms with Gasteiger partial charge in [-0.15, -0.1) is 11.3 Å². The fourth-order valence-electron chi connectivity index (χ4n) is 4.44. The van der Waals surface area contributed by atoms with Crippen molar-refractivity contribution < 1.29 is 23.5 Å². The molecule has 0 unspecified atom stereocenters. The highest BCUT2D eigenvalue weighted by molar-refractivity contribution is 9.10. The summed E-state index contributed by atoms with van der Waals surface area (Å²) in [5.41, 5.74) is 1.77. The number of aromatic nitrogens is 1. The molecule has 33 heavy (non-hydrogen) atoms. The number of hydrogen-bond acceptors (Lipinski definition) is 8. The first-order chi connectivity index (χ1) is 16.0. The molecular formula is C22H20BrFN4O4S. The number of aliphatic imine (C=N–C) groups is 1. The van der Waals surface area contributed by atoms with Crippen LogP contribution in [0.1, 0.15) is 30.0 Å². The van der Waals surface area contributed by atoms with E-state index in [1.54, 1.807) is 24.1 Å². The van der Waals surface area contributed by atoms with Gasteiger partial charge < -0.3 is 14.4 Å². The van der Waals surface area contributed by atoms with E-state index in [1.807, 2.05) is 10.3 Å². The maximum atomic E-state index is 13.8. The molecular weight excluding hydrogens is 515 g/mol. The predicted molar refractivity (Wildman–Crippen MR) is 122 cm³/mol. The van der Waals surface area contributed by atoms with Crippen molar-refractivity contribution in [3.05, 3.63) is 61.9 Å². The van der Waals surface area contributed by atoms with Crippen LogP contribution in [0.2, 0.25) is 0 Å².